The Kier molecular flexibility index (Phi) is 7.97. The summed E-state index contributed by atoms with van der Waals surface area (Å²) in [4.78, 5) is 36.9. The number of β-lactam (4-membered cyclic amide) rings is 1. The molecular formula is C27H24F2N2O6. The molecule has 0 aliphatic carbocycles. The molecule has 0 saturated carbocycles. The summed E-state index contributed by atoms with van der Waals surface area (Å²) >= 11 is 0. The zero-order valence-corrected chi connectivity index (χ0v) is 19.6. The summed E-state index contributed by atoms with van der Waals surface area (Å²) in [6, 6.07) is 17.8. The average Bonchev–Trinajstić information content (AvgIpc) is 2.89. The van der Waals surface area contributed by atoms with E-state index >= 15 is 0 Å². The zero-order valence-electron chi connectivity index (χ0n) is 19.6. The Morgan fingerprint density at radius 1 is 0.865 bits per heavy atom. The summed E-state index contributed by atoms with van der Waals surface area (Å²) in [5, 5.41) is 10.8. The fourth-order valence-electron chi connectivity index (χ4n) is 4.07. The molecule has 8 nitrogen and oxygen atoms in total. The molecule has 2 atom stereocenters. The van der Waals surface area contributed by atoms with Crippen molar-refractivity contribution in [2.45, 2.75) is 12.5 Å². The molecule has 10 heteroatoms. The number of carbonyl (C=O) groups excluding carboxylic acids is 2. The molecule has 0 bridgehead atoms. The van der Waals surface area contributed by atoms with Crippen LogP contribution in [-0.2, 0) is 14.4 Å². The molecule has 3 aromatic carbocycles. The number of aliphatic carboxylic acids is 1. The first-order chi connectivity index (χ1) is 17.8. The fraction of sp³-hybridized carbons (Fsp3) is 0.222. The number of nitrogens with one attached hydrogen (secondary N) is 1. The summed E-state index contributed by atoms with van der Waals surface area (Å²) in [6.07, 6.45) is 0.403. The molecule has 3 aromatic rings. The molecule has 1 aliphatic heterocycles. The van der Waals surface area contributed by atoms with Crippen molar-refractivity contribution in [3.8, 4) is 11.5 Å². The van der Waals surface area contributed by atoms with E-state index in [9.17, 15) is 23.2 Å². The minimum absolute atomic E-state index is 0.130. The van der Waals surface area contributed by atoms with Crippen LogP contribution in [0, 0.1) is 17.6 Å². The van der Waals surface area contributed by atoms with Crippen LogP contribution < -0.4 is 19.7 Å². The predicted octanol–water partition coefficient (Wildman–Crippen LogP) is 3.72. The van der Waals surface area contributed by atoms with E-state index in [1.165, 1.54) is 36.4 Å². The first-order valence-electron chi connectivity index (χ1n) is 11.5. The molecule has 4 rings (SSSR count). The van der Waals surface area contributed by atoms with Crippen molar-refractivity contribution in [2.75, 3.05) is 24.7 Å². The van der Waals surface area contributed by atoms with Gasteiger partial charge in [-0.3, -0.25) is 14.4 Å². The lowest BCUT2D eigenvalue weighted by molar-refractivity contribution is -0.138. The summed E-state index contributed by atoms with van der Waals surface area (Å²) in [6.45, 7) is -0.607. The molecule has 192 valence electrons. The van der Waals surface area contributed by atoms with Gasteiger partial charge in [-0.1, -0.05) is 12.1 Å². The maximum Gasteiger partial charge on any atom is 0.322 e. The van der Waals surface area contributed by atoms with Crippen LogP contribution in [0.2, 0.25) is 0 Å². The number of halogens is 2. The second kappa shape index (κ2) is 11.5. The van der Waals surface area contributed by atoms with Crippen molar-refractivity contribution < 1.29 is 37.7 Å². The van der Waals surface area contributed by atoms with E-state index in [-0.39, 0.29) is 31.0 Å². The van der Waals surface area contributed by atoms with Crippen LogP contribution in [0.15, 0.2) is 72.8 Å². The van der Waals surface area contributed by atoms with Crippen molar-refractivity contribution >= 4 is 23.5 Å². The van der Waals surface area contributed by atoms with E-state index in [1.54, 1.807) is 41.3 Å². The van der Waals surface area contributed by atoms with Gasteiger partial charge in [0.2, 0.25) is 5.91 Å². The van der Waals surface area contributed by atoms with Gasteiger partial charge in [-0.25, -0.2) is 8.78 Å². The molecule has 0 radical (unpaired) electrons. The molecule has 1 saturated heterocycles. The average molecular weight is 510 g/mol. The summed E-state index contributed by atoms with van der Waals surface area (Å²) in [5.41, 5.74) is 1.36. The number of nitrogens with zero attached hydrogens (tertiary/aromatic N) is 1. The number of anilines is 1. The third-order valence-corrected chi connectivity index (χ3v) is 5.86. The molecule has 1 heterocycles. The topological polar surface area (TPSA) is 105 Å². The van der Waals surface area contributed by atoms with Crippen molar-refractivity contribution in [1.29, 1.82) is 0 Å². The maximum absolute atomic E-state index is 13.5. The number of carboxylic acid groups (broad SMARTS) is 1. The number of ether oxygens (including phenoxy) is 2. The number of amides is 2. The van der Waals surface area contributed by atoms with Gasteiger partial charge in [0, 0.05) is 5.69 Å². The highest BCUT2D eigenvalue weighted by Crippen LogP contribution is 2.45. The Balaban J connectivity index is 1.44. The summed E-state index contributed by atoms with van der Waals surface area (Å²) in [7, 11) is 0. The number of hydrogen-bond acceptors (Lipinski definition) is 5. The summed E-state index contributed by atoms with van der Waals surface area (Å²) < 4.78 is 37.7. The standard InChI is InChI=1S/C27H24F2N2O6/c28-18-3-7-20(8-4-18)31-26(23(27(31)35)13-14-36-21-11-5-19(29)6-12-21)17-1-9-22(10-2-17)37-16-24(32)30-15-25(33)34/h1-12,23,26H,13-16H2,(H,30,32)(H,33,34). The zero-order chi connectivity index (χ0) is 26.4. The van der Waals surface area contributed by atoms with Crippen LogP contribution >= 0.6 is 0 Å². The minimum Gasteiger partial charge on any atom is -0.494 e. The van der Waals surface area contributed by atoms with Crippen LogP contribution in [0.25, 0.3) is 0 Å². The lowest BCUT2D eigenvalue weighted by atomic mass is 9.80. The van der Waals surface area contributed by atoms with E-state index in [4.69, 9.17) is 14.6 Å². The SMILES string of the molecule is O=C(O)CNC(=O)COc1ccc(C2C(CCOc3ccc(F)cc3)C(=O)N2c2ccc(F)cc2)cc1. The molecule has 1 fully saturated rings. The Hall–Kier alpha value is -4.47. The lowest BCUT2D eigenvalue weighted by Crippen LogP contribution is -2.55. The van der Waals surface area contributed by atoms with Crippen LogP contribution in [0.3, 0.4) is 0 Å². The predicted molar refractivity (Wildman–Crippen MR) is 129 cm³/mol. The van der Waals surface area contributed by atoms with Gasteiger partial charge in [0.1, 0.15) is 29.7 Å². The van der Waals surface area contributed by atoms with Gasteiger partial charge in [0.05, 0.1) is 18.6 Å². The number of carboxylic acids is 1. The Morgan fingerprint density at radius 2 is 1.43 bits per heavy atom. The van der Waals surface area contributed by atoms with Gasteiger partial charge >= 0.3 is 5.97 Å². The molecule has 0 spiro atoms. The highest BCUT2D eigenvalue weighted by Gasteiger charge is 2.48. The van der Waals surface area contributed by atoms with Gasteiger partial charge in [0.25, 0.3) is 5.91 Å². The minimum atomic E-state index is -1.16. The van der Waals surface area contributed by atoms with Crippen LogP contribution in [-0.4, -0.2) is 42.6 Å². The second-order valence-electron chi connectivity index (χ2n) is 8.36. The number of benzene rings is 3. The van der Waals surface area contributed by atoms with E-state index in [2.05, 4.69) is 5.32 Å². The summed E-state index contributed by atoms with van der Waals surface area (Å²) in [5.74, 6) is -2.15. The van der Waals surface area contributed by atoms with Gasteiger partial charge in [-0.05, 0) is 72.6 Å². The van der Waals surface area contributed by atoms with Gasteiger partial charge < -0.3 is 24.8 Å². The van der Waals surface area contributed by atoms with E-state index in [1.807, 2.05) is 0 Å². The normalized spacial score (nSPS) is 16.6. The molecule has 2 unspecified atom stereocenters. The van der Waals surface area contributed by atoms with Crippen molar-refractivity contribution in [3.05, 3.63) is 90.0 Å². The van der Waals surface area contributed by atoms with Crippen LogP contribution in [0.5, 0.6) is 11.5 Å². The van der Waals surface area contributed by atoms with E-state index in [0.717, 1.165) is 5.56 Å². The Labute approximate surface area is 211 Å². The van der Waals surface area contributed by atoms with Crippen molar-refractivity contribution in [2.24, 2.45) is 5.92 Å². The smallest absolute Gasteiger partial charge is 0.322 e. The van der Waals surface area contributed by atoms with Crippen molar-refractivity contribution in [1.82, 2.24) is 5.32 Å². The van der Waals surface area contributed by atoms with Crippen molar-refractivity contribution in [3.63, 3.8) is 0 Å². The second-order valence-corrected chi connectivity index (χ2v) is 8.36. The first kappa shape index (κ1) is 25.6. The van der Waals surface area contributed by atoms with Gasteiger partial charge in [-0.2, -0.15) is 0 Å². The highest BCUT2D eigenvalue weighted by atomic mass is 19.1. The molecule has 2 N–H and O–H groups in total. The van der Waals surface area contributed by atoms with E-state index in [0.29, 0.717) is 23.6 Å². The largest absolute Gasteiger partial charge is 0.494 e. The molecular weight excluding hydrogens is 486 g/mol. The fourth-order valence-corrected chi connectivity index (χ4v) is 4.07. The van der Waals surface area contributed by atoms with Gasteiger partial charge in [0.15, 0.2) is 6.61 Å². The van der Waals surface area contributed by atoms with Crippen LogP contribution in [0.4, 0.5) is 14.5 Å². The third-order valence-electron chi connectivity index (χ3n) is 5.86. The number of hydrogen-bond donors (Lipinski definition) is 2. The maximum atomic E-state index is 13.5. The Bertz CT molecular complexity index is 1250. The highest BCUT2D eigenvalue weighted by molar-refractivity contribution is 6.03. The van der Waals surface area contributed by atoms with E-state index < -0.39 is 30.2 Å². The Morgan fingerprint density at radius 3 is 2.05 bits per heavy atom. The lowest BCUT2D eigenvalue weighted by Gasteiger charge is -2.47. The number of carbonyl (C=O) groups is 3. The molecule has 0 aromatic heterocycles. The van der Waals surface area contributed by atoms with Crippen LogP contribution in [0.1, 0.15) is 18.0 Å². The molecule has 37 heavy (non-hydrogen) atoms. The third kappa shape index (κ3) is 6.40. The first-order valence-corrected chi connectivity index (χ1v) is 11.5. The van der Waals surface area contributed by atoms with Gasteiger partial charge in [-0.15, -0.1) is 0 Å². The molecule has 1 aliphatic rings. The number of rotatable bonds is 11. The monoisotopic (exact) mass is 510 g/mol. The molecule has 2 amide bonds. The quantitative estimate of drug-likeness (QED) is 0.381.